The molecule has 1 saturated heterocycles. The number of hydrogen-bond acceptors (Lipinski definition) is 6. The maximum absolute atomic E-state index is 9.20. The van der Waals surface area contributed by atoms with Crippen LogP contribution in [0.2, 0.25) is 0 Å². The van der Waals surface area contributed by atoms with Crippen LogP contribution in [-0.2, 0) is 0 Å². The lowest BCUT2D eigenvalue weighted by atomic mass is 10.2. The minimum Gasteiger partial charge on any atom is -0.372 e. The zero-order valence-electron chi connectivity index (χ0n) is 14.9. The van der Waals surface area contributed by atoms with Crippen LogP contribution in [0.15, 0.2) is 60.8 Å². The van der Waals surface area contributed by atoms with Gasteiger partial charge in [0.1, 0.15) is 11.9 Å². The maximum Gasteiger partial charge on any atom is 0.229 e. The molecule has 0 aliphatic carbocycles. The zero-order chi connectivity index (χ0) is 18.5. The molecule has 27 heavy (non-hydrogen) atoms. The van der Waals surface area contributed by atoms with Crippen molar-refractivity contribution >= 4 is 28.8 Å². The standard InChI is InChI=1S/C21H20N6/c22-15-16-5-1-2-6-19(16)25-21-23-12-11-20(26-21)24-17-7-9-18(10-8-17)27-13-3-4-14-27/h1-2,5-12H,3-4,13-14H2,(H2,23,24,25,26). The first kappa shape index (κ1) is 16.9. The van der Waals surface area contributed by atoms with Crippen molar-refractivity contribution in [1.82, 2.24) is 9.97 Å². The molecular weight excluding hydrogens is 336 g/mol. The number of nitrogens with zero attached hydrogens (tertiary/aromatic N) is 4. The summed E-state index contributed by atoms with van der Waals surface area (Å²) in [6.45, 7) is 2.27. The van der Waals surface area contributed by atoms with E-state index in [0.717, 1.165) is 18.8 Å². The predicted molar refractivity (Wildman–Crippen MR) is 108 cm³/mol. The van der Waals surface area contributed by atoms with Gasteiger partial charge in [0, 0.05) is 30.7 Å². The van der Waals surface area contributed by atoms with Gasteiger partial charge in [-0.1, -0.05) is 12.1 Å². The van der Waals surface area contributed by atoms with E-state index >= 15 is 0 Å². The van der Waals surface area contributed by atoms with Gasteiger partial charge in [0.2, 0.25) is 5.95 Å². The molecule has 2 heterocycles. The number of rotatable bonds is 5. The van der Waals surface area contributed by atoms with Crippen molar-refractivity contribution in [3.63, 3.8) is 0 Å². The summed E-state index contributed by atoms with van der Waals surface area (Å²) in [5.74, 6) is 1.13. The van der Waals surface area contributed by atoms with E-state index in [1.165, 1.54) is 18.5 Å². The molecule has 2 N–H and O–H groups in total. The summed E-state index contributed by atoms with van der Waals surface area (Å²) in [6, 6.07) is 19.7. The summed E-state index contributed by atoms with van der Waals surface area (Å²) in [7, 11) is 0. The van der Waals surface area contributed by atoms with Gasteiger partial charge in [0.15, 0.2) is 0 Å². The molecule has 6 nitrogen and oxygen atoms in total. The summed E-state index contributed by atoms with van der Waals surface area (Å²) in [5.41, 5.74) is 3.47. The van der Waals surface area contributed by atoms with E-state index in [1.807, 2.05) is 24.3 Å². The molecule has 1 aliphatic heterocycles. The Balaban J connectivity index is 1.47. The molecule has 0 bridgehead atoms. The van der Waals surface area contributed by atoms with E-state index in [-0.39, 0.29) is 0 Å². The predicted octanol–water partition coefficient (Wildman–Crippen LogP) is 4.44. The van der Waals surface area contributed by atoms with Crippen LogP contribution in [0, 0.1) is 11.3 Å². The van der Waals surface area contributed by atoms with Crippen molar-refractivity contribution in [2.75, 3.05) is 28.6 Å². The Kier molecular flexibility index (Phi) is 4.84. The largest absolute Gasteiger partial charge is 0.372 e. The second kappa shape index (κ2) is 7.75. The molecule has 1 aromatic heterocycles. The summed E-state index contributed by atoms with van der Waals surface area (Å²) in [4.78, 5) is 11.1. The number of nitrogens with one attached hydrogen (secondary N) is 2. The smallest absolute Gasteiger partial charge is 0.229 e. The number of aromatic nitrogens is 2. The van der Waals surface area contributed by atoms with Crippen molar-refractivity contribution in [3.05, 3.63) is 66.4 Å². The Morgan fingerprint density at radius 2 is 1.70 bits per heavy atom. The molecular formula is C21H20N6. The fourth-order valence-corrected chi connectivity index (χ4v) is 3.18. The van der Waals surface area contributed by atoms with Crippen molar-refractivity contribution in [2.45, 2.75) is 12.8 Å². The van der Waals surface area contributed by atoms with Gasteiger partial charge in [-0.05, 0) is 55.3 Å². The average molecular weight is 356 g/mol. The van der Waals surface area contributed by atoms with Gasteiger partial charge < -0.3 is 15.5 Å². The molecule has 1 aliphatic rings. The quantitative estimate of drug-likeness (QED) is 0.704. The van der Waals surface area contributed by atoms with Crippen molar-refractivity contribution in [1.29, 1.82) is 5.26 Å². The Hall–Kier alpha value is -3.59. The fourth-order valence-electron chi connectivity index (χ4n) is 3.18. The normalized spacial score (nSPS) is 13.2. The van der Waals surface area contributed by atoms with Gasteiger partial charge in [-0.3, -0.25) is 0 Å². The number of anilines is 5. The average Bonchev–Trinajstić information content (AvgIpc) is 3.24. The Morgan fingerprint density at radius 3 is 2.48 bits per heavy atom. The van der Waals surface area contributed by atoms with Gasteiger partial charge in [0.25, 0.3) is 0 Å². The van der Waals surface area contributed by atoms with Crippen LogP contribution in [0.5, 0.6) is 0 Å². The van der Waals surface area contributed by atoms with Crippen LogP contribution < -0.4 is 15.5 Å². The topological polar surface area (TPSA) is 76.9 Å². The Morgan fingerprint density at radius 1 is 0.926 bits per heavy atom. The van der Waals surface area contributed by atoms with E-state index in [0.29, 0.717) is 23.0 Å². The van der Waals surface area contributed by atoms with E-state index in [2.05, 4.69) is 55.8 Å². The van der Waals surface area contributed by atoms with Gasteiger partial charge in [0.05, 0.1) is 11.3 Å². The monoisotopic (exact) mass is 356 g/mol. The van der Waals surface area contributed by atoms with Gasteiger partial charge in [-0.25, -0.2) is 4.98 Å². The molecule has 4 rings (SSSR count). The van der Waals surface area contributed by atoms with E-state index < -0.39 is 0 Å². The molecule has 6 heteroatoms. The second-order valence-electron chi connectivity index (χ2n) is 6.41. The minimum absolute atomic E-state index is 0.441. The molecule has 0 amide bonds. The lowest BCUT2D eigenvalue weighted by molar-refractivity contribution is 0.949. The highest BCUT2D eigenvalue weighted by molar-refractivity contribution is 5.65. The highest BCUT2D eigenvalue weighted by atomic mass is 15.2. The van der Waals surface area contributed by atoms with E-state index in [4.69, 9.17) is 0 Å². The third kappa shape index (κ3) is 3.98. The van der Waals surface area contributed by atoms with Gasteiger partial charge in [-0.2, -0.15) is 10.2 Å². The minimum atomic E-state index is 0.441. The van der Waals surface area contributed by atoms with Crippen molar-refractivity contribution in [2.24, 2.45) is 0 Å². The lowest BCUT2D eigenvalue weighted by Gasteiger charge is -2.18. The molecule has 0 radical (unpaired) electrons. The van der Waals surface area contributed by atoms with E-state index in [9.17, 15) is 5.26 Å². The summed E-state index contributed by atoms with van der Waals surface area (Å²) in [6.07, 6.45) is 4.22. The Labute approximate surface area is 158 Å². The first-order valence-corrected chi connectivity index (χ1v) is 9.03. The lowest BCUT2D eigenvalue weighted by Crippen LogP contribution is -2.17. The third-order valence-electron chi connectivity index (χ3n) is 4.56. The van der Waals surface area contributed by atoms with Crippen LogP contribution in [-0.4, -0.2) is 23.1 Å². The number of para-hydroxylation sites is 1. The van der Waals surface area contributed by atoms with Crippen LogP contribution in [0.25, 0.3) is 0 Å². The molecule has 2 aromatic carbocycles. The summed E-state index contributed by atoms with van der Waals surface area (Å²) >= 11 is 0. The third-order valence-corrected chi connectivity index (χ3v) is 4.56. The molecule has 0 atom stereocenters. The molecule has 134 valence electrons. The van der Waals surface area contributed by atoms with Crippen molar-refractivity contribution in [3.8, 4) is 6.07 Å². The van der Waals surface area contributed by atoms with Gasteiger partial charge >= 0.3 is 0 Å². The van der Waals surface area contributed by atoms with Crippen LogP contribution >= 0.6 is 0 Å². The Bertz CT molecular complexity index is 955. The van der Waals surface area contributed by atoms with Crippen molar-refractivity contribution < 1.29 is 0 Å². The highest BCUT2D eigenvalue weighted by Crippen LogP contribution is 2.24. The highest BCUT2D eigenvalue weighted by Gasteiger charge is 2.12. The SMILES string of the molecule is N#Cc1ccccc1Nc1nccc(Nc2ccc(N3CCCC3)cc2)n1. The summed E-state index contributed by atoms with van der Waals surface area (Å²) < 4.78 is 0. The molecule has 0 spiro atoms. The molecule has 0 unspecified atom stereocenters. The molecule has 1 fully saturated rings. The molecule has 3 aromatic rings. The van der Waals surface area contributed by atoms with Crippen LogP contribution in [0.3, 0.4) is 0 Å². The first-order chi connectivity index (χ1) is 13.3. The van der Waals surface area contributed by atoms with E-state index in [1.54, 1.807) is 12.3 Å². The van der Waals surface area contributed by atoms with Crippen LogP contribution in [0.1, 0.15) is 18.4 Å². The number of benzene rings is 2. The van der Waals surface area contributed by atoms with Crippen LogP contribution in [0.4, 0.5) is 28.8 Å². The first-order valence-electron chi connectivity index (χ1n) is 9.03. The fraction of sp³-hybridized carbons (Fsp3) is 0.190. The van der Waals surface area contributed by atoms with Gasteiger partial charge in [-0.15, -0.1) is 0 Å². The summed E-state index contributed by atoms with van der Waals surface area (Å²) in [5, 5.41) is 15.6. The zero-order valence-corrected chi connectivity index (χ0v) is 14.9. The number of hydrogen-bond donors (Lipinski definition) is 2. The molecule has 0 saturated carbocycles. The second-order valence-corrected chi connectivity index (χ2v) is 6.41. The number of nitriles is 1. The maximum atomic E-state index is 9.20.